The van der Waals surface area contributed by atoms with Gasteiger partial charge in [0.05, 0.1) is 18.6 Å². The summed E-state index contributed by atoms with van der Waals surface area (Å²) in [7, 11) is 0. The van der Waals surface area contributed by atoms with Crippen LogP contribution in [-0.4, -0.2) is 25.0 Å². The first-order chi connectivity index (χ1) is 11.1. The highest BCUT2D eigenvalue weighted by Crippen LogP contribution is 2.49. The van der Waals surface area contributed by atoms with Crippen molar-refractivity contribution in [2.75, 3.05) is 13.2 Å². The van der Waals surface area contributed by atoms with Crippen LogP contribution < -0.4 is 0 Å². The lowest BCUT2D eigenvalue weighted by Crippen LogP contribution is -2.47. The minimum atomic E-state index is -0.446. The molecule has 1 saturated heterocycles. The summed E-state index contributed by atoms with van der Waals surface area (Å²) in [5, 5.41) is 0. The highest BCUT2D eigenvalue weighted by molar-refractivity contribution is 5.77. The third-order valence-corrected chi connectivity index (χ3v) is 5.44. The van der Waals surface area contributed by atoms with Crippen LogP contribution in [0.1, 0.15) is 45.1 Å². The lowest BCUT2D eigenvalue weighted by molar-refractivity contribution is -0.204. The van der Waals surface area contributed by atoms with Gasteiger partial charge >= 0.3 is 5.97 Å². The maximum absolute atomic E-state index is 12.8. The normalized spacial score (nSPS) is 22.4. The lowest BCUT2D eigenvalue weighted by atomic mass is 9.65. The van der Waals surface area contributed by atoms with Crippen molar-refractivity contribution in [2.45, 2.75) is 51.9 Å². The minimum absolute atomic E-state index is 0.0794. The van der Waals surface area contributed by atoms with Gasteiger partial charge in [0, 0.05) is 12.8 Å². The molecule has 4 heteroatoms. The molecule has 3 rings (SSSR count). The van der Waals surface area contributed by atoms with Crippen LogP contribution in [0.4, 0.5) is 0 Å². The van der Waals surface area contributed by atoms with Crippen LogP contribution in [0, 0.1) is 11.3 Å². The fraction of sp³-hybridized carbons (Fsp3) is 0.632. The van der Waals surface area contributed by atoms with E-state index >= 15 is 0 Å². The molecule has 0 amide bonds. The molecule has 2 aliphatic rings. The van der Waals surface area contributed by atoms with E-state index in [-0.39, 0.29) is 11.9 Å². The SMILES string of the molecule is CC(C)C1(C(=O)OCc2ccccc2)CCC2(CC1)OCCO2. The monoisotopic (exact) mass is 318 g/mol. The Bertz CT molecular complexity index is 522. The van der Waals surface area contributed by atoms with Gasteiger partial charge in [-0.3, -0.25) is 4.79 Å². The number of rotatable bonds is 4. The Hall–Kier alpha value is -1.39. The van der Waals surface area contributed by atoms with E-state index in [4.69, 9.17) is 14.2 Å². The summed E-state index contributed by atoms with van der Waals surface area (Å²) in [6.07, 6.45) is 3.06. The number of ether oxygens (including phenoxy) is 3. The number of esters is 1. The summed E-state index contributed by atoms with van der Waals surface area (Å²) < 4.78 is 17.2. The van der Waals surface area contributed by atoms with E-state index in [1.165, 1.54) is 0 Å². The predicted octanol–water partition coefficient (Wildman–Crippen LogP) is 3.69. The van der Waals surface area contributed by atoms with E-state index in [0.29, 0.717) is 19.8 Å². The predicted molar refractivity (Wildman–Crippen MR) is 86.6 cm³/mol. The fourth-order valence-electron chi connectivity index (χ4n) is 3.75. The molecule has 126 valence electrons. The molecule has 0 unspecified atom stereocenters. The topological polar surface area (TPSA) is 44.8 Å². The zero-order valence-electron chi connectivity index (χ0n) is 14.0. The molecule has 1 spiro atoms. The van der Waals surface area contributed by atoms with Crippen LogP contribution in [0.2, 0.25) is 0 Å². The van der Waals surface area contributed by atoms with Gasteiger partial charge in [0.1, 0.15) is 6.61 Å². The Balaban J connectivity index is 1.65. The van der Waals surface area contributed by atoms with Gasteiger partial charge in [-0.1, -0.05) is 44.2 Å². The summed E-state index contributed by atoms with van der Waals surface area (Å²) in [6.45, 7) is 5.88. The Kier molecular flexibility index (Phi) is 4.74. The summed E-state index contributed by atoms with van der Waals surface area (Å²) in [5.41, 5.74) is 0.601. The Morgan fingerprint density at radius 1 is 1.09 bits per heavy atom. The summed E-state index contributed by atoms with van der Waals surface area (Å²) in [6, 6.07) is 9.83. The van der Waals surface area contributed by atoms with Crippen LogP contribution in [0.3, 0.4) is 0 Å². The van der Waals surface area contributed by atoms with Crippen molar-refractivity contribution >= 4 is 5.97 Å². The van der Waals surface area contributed by atoms with Crippen molar-refractivity contribution in [3.63, 3.8) is 0 Å². The number of hydrogen-bond donors (Lipinski definition) is 0. The van der Waals surface area contributed by atoms with Crippen LogP contribution in [-0.2, 0) is 25.6 Å². The molecule has 1 saturated carbocycles. The second-order valence-corrected chi connectivity index (χ2v) is 6.98. The van der Waals surface area contributed by atoms with Crippen molar-refractivity contribution in [3.05, 3.63) is 35.9 Å². The molecular formula is C19H26O4. The molecule has 23 heavy (non-hydrogen) atoms. The molecule has 4 nitrogen and oxygen atoms in total. The van der Waals surface area contributed by atoms with Crippen molar-refractivity contribution in [1.29, 1.82) is 0 Å². The van der Waals surface area contributed by atoms with E-state index in [1.54, 1.807) is 0 Å². The Morgan fingerprint density at radius 3 is 2.26 bits per heavy atom. The molecule has 0 bridgehead atoms. The van der Waals surface area contributed by atoms with Gasteiger partial charge in [0.15, 0.2) is 5.79 Å². The van der Waals surface area contributed by atoms with Crippen LogP contribution in [0.25, 0.3) is 0 Å². The molecule has 0 N–H and O–H groups in total. The third-order valence-electron chi connectivity index (χ3n) is 5.44. The molecule has 1 aliphatic heterocycles. The van der Waals surface area contributed by atoms with Crippen molar-refractivity contribution < 1.29 is 19.0 Å². The Morgan fingerprint density at radius 2 is 1.70 bits per heavy atom. The Labute approximate surface area is 138 Å². The number of benzene rings is 1. The molecule has 1 aromatic rings. The van der Waals surface area contributed by atoms with Gasteiger partial charge in [-0.15, -0.1) is 0 Å². The van der Waals surface area contributed by atoms with E-state index in [0.717, 1.165) is 31.2 Å². The van der Waals surface area contributed by atoms with E-state index in [2.05, 4.69) is 13.8 Å². The number of hydrogen-bond acceptors (Lipinski definition) is 4. The maximum Gasteiger partial charge on any atom is 0.312 e. The average Bonchev–Trinajstić information content (AvgIpc) is 3.02. The van der Waals surface area contributed by atoms with E-state index < -0.39 is 11.2 Å². The number of carbonyl (C=O) groups is 1. The zero-order valence-corrected chi connectivity index (χ0v) is 14.0. The van der Waals surface area contributed by atoms with E-state index in [9.17, 15) is 4.79 Å². The quantitative estimate of drug-likeness (QED) is 0.794. The molecule has 2 fully saturated rings. The zero-order chi connectivity index (χ0) is 16.3. The molecule has 1 aliphatic carbocycles. The lowest BCUT2D eigenvalue weighted by Gasteiger charge is -2.44. The van der Waals surface area contributed by atoms with Gasteiger partial charge in [0.25, 0.3) is 0 Å². The smallest absolute Gasteiger partial charge is 0.312 e. The van der Waals surface area contributed by atoms with Gasteiger partial charge in [-0.25, -0.2) is 0 Å². The van der Waals surface area contributed by atoms with Gasteiger partial charge in [-0.2, -0.15) is 0 Å². The fourth-order valence-corrected chi connectivity index (χ4v) is 3.75. The van der Waals surface area contributed by atoms with Gasteiger partial charge in [0.2, 0.25) is 0 Å². The molecule has 0 aromatic heterocycles. The van der Waals surface area contributed by atoms with Crippen LogP contribution in [0.15, 0.2) is 30.3 Å². The first-order valence-corrected chi connectivity index (χ1v) is 8.55. The molecule has 0 atom stereocenters. The highest BCUT2D eigenvalue weighted by Gasteiger charge is 2.52. The van der Waals surface area contributed by atoms with Crippen LogP contribution >= 0.6 is 0 Å². The standard InChI is InChI=1S/C19H26O4/c1-15(2)18(8-10-19(11-9-18)22-12-13-23-19)17(20)21-14-16-6-4-3-5-7-16/h3-7,15H,8-14H2,1-2H3. The van der Waals surface area contributed by atoms with Crippen molar-refractivity contribution in [1.82, 2.24) is 0 Å². The number of carbonyl (C=O) groups excluding carboxylic acids is 1. The molecule has 0 radical (unpaired) electrons. The highest BCUT2D eigenvalue weighted by atomic mass is 16.7. The van der Waals surface area contributed by atoms with Crippen LogP contribution in [0.5, 0.6) is 0 Å². The van der Waals surface area contributed by atoms with Gasteiger partial charge < -0.3 is 14.2 Å². The maximum atomic E-state index is 12.8. The van der Waals surface area contributed by atoms with Crippen molar-refractivity contribution in [3.8, 4) is 0 Å². The van der Waals surface area contributed by atoms with Gasteiger partial charge in [-0.05, 0) is 24.3 Å². The van der Waals surface area contributed by atoms with Crippen molar-refractivity contribution in [2.24, 2.45) is 11.3 Å². The first kappa shape index (κ1) is 16.5. The summed E-state index contributed by atoms with van der Waals surface area (Å²) in [5.74, 6) is -0.285. The average molecular weight is 318 g/mol. The third kappa shape index (κ3) is 3.29. The molecular weight excluding hydrogens is 292 g/mol. The first-order valence-electron chi connectivity index (χ1n) is 8.55. The summed E-state index contributed by atoms with van der Waals surface area (Å²) in [4.78, 5) is 12.8. The largest absolute Gasteiger partial charge is 0.460 e. The molecule has 1 aromatic carbocycles. The van der Waals surface area contributed by atoms with E-state index in [1.807, 2.05) is 30.3 Å². The second kappa shape index (κ2) is 6.62. The molecule has 1 heterocycles. The summed E-state index contributed by atoms with van der Waals surface area (Å²) >= 11 is 0. The minimum Gasteiger partial charge on any atom is -0.460 e. The second-order valence-electron chi connectivity index (χ2n) is 6.98.